The highest BCUT2D eigenvalue weighted by Crippen LogP contribution is 2.18. The van der Waals surface area contributed by atoms with Gasteiger partial charge in [-0.15, -0.1) is 0 Å². The summed E-state index contributed by atoms with van der Waals surface area (Å²) in [5.74, 6) is 0. The number of hydrogen-bond donors (Lipinski definition) is 3. The van der Waals surface area contributed by atoms with E-state index in [1.165, 1.54) is 0 Å². The Morgan fingerprint density at radius 1 is 1.10 bits per heavy atom. The van der Waals surface area contributed by atoms with Crippen LogP contribution in [0.4, 0.5) is 21.9 Å². The molecule has 0 radical (unpaired) electrons. The van der Waals surface area contributed by atoms with Crippen molar-refractivity contribution in [3.05, 3.63) is 54.1 Å². The van der Waals surface area contributed by atoms with Crippen LogP contribution in [-0.4, -0.2) is 6.03 Å². The lowest BCUT2D eigenvalue weighted by Crippen LogP contribution is -2.20. The summed E-state index contributed by atoms with van der Waals surface area (Å²) >= 11 is 0. The molecule has 0 heterocycles. The SMILES string of the molecule is CCCc1ccccc1NC(=O)Nc1cccc(N)c1. The Hall–Kier alpha value is -2.49. The molecular formula is C16H19N3O. The zero-order valence-electron chi connectivity index (χ0n) is 11.5. The highest BCUT2D eigenvalue weighted by Gasteiger charge is 2.06. The van der Waals surface area contributed by atoms with Crippen molar-refractivity contribution in [2.24, 2.45) is 0 Å². The second kappa shape index (κ2) is 6.61. The molecule has 0 saturated heterocycles. The first-order valence-corrected chi connectivity index (χ1v) is 6.70. The van der Waals surface area contributed by atoms with Crippen LogP contribution >= 0.6 is 0 Å². The first kappa shape index (κ1) is 13.9. The minimum atomic E-state index is -0.265. The zero-order chi connectivity index (χ0) is 14.4. The number of aryl methyl sites for hydroxylation is 1. The van der Waals surface area contributed by atoms with Crippen molar-refractivity contribution in [1.82, 2.24) is 0 Å². The average molecular weight is 269 g/mol. The molecule has 0 saturated carbocycles. The number of carbonyl (C=O) groups excluding carboxylic acids is 1. The van der Waals surface area contributed by atoms with E-state index in [-0.39, 0.29) is 6.03 Å². The lowest BCUT2D eigenvalue weighted by Gasteiger charge is -2.11. The molecule has 4 N–H and O–H groups in total. The van der Waals surface area contributed by atoms with Crippen LogP contribution in [-0.2, 0) is 6.42 Å². The van der Waals surface area contributed by atoms with Crippen molar-refractivity contribution in [3.63, 3.8) is 0 Å². The van der Waals surface area contributed by atoms with Gasteiger partial charge < -0.3 is 16.4 Å². The second-order valence-electron chi connectivity index (χ2n) is 4.61. The van der Waals surface area contributed by atoms with Gasteiger partial charge >= 0.3 is 6.03 Å². The molecule has 4 nitrogen and oxygen atoms in total. The number of hydrogen-bond acceptors (Lipinski definition) is 2. The summed E-state index contributed by atoms with van der Waals surface area (Å²) in [5, 5.41) is 5.64. The quantitative estimate of drug-likeness (QED) is 0.738. The zero-order valence-corrected chi connectivity index (χ0v) is 11.5. The summed E-state index contributed by atoms with van der Waals surface area (Å²) in [5.41, 5.74) is 8.95. The van der Waals surface area contributed by atoms with Crippen molar-refractivity contribution in [3.8, 4) is 0 Å². The van der Waals surface area contributed by atoms with Crippen LogP contribution in [0, 0.1) is 0 Å². The highest BCUT2D eigenvalue weighted by atomic mass is 16.2. The number of urea groups is 1. The van der Waals surface area contributed by atoms with E-state index in [9.17, 15) is 4.79 Å². The Kier molecular flexibility index (Phi) is 4.60. The topological polar surface area (TPSA) is 67.2 Å². The Balaban J connectivity index is 2.05. The molecule has 2 aromatic carbocycles. The lowest BCUT2D eigenvalue weighted by molar-refractivity contribution is 0.262. The van der Waals surface area contributed by atoms with E-state index >= 15 is 0 Å². The minimum Gasteiger partial charge on any atom is -0.399 e. The van der Waals surface area contributed by atoms with Crippen molar-refractivity contribution in [1.29, 1.82) is 0 Å². The predicted molar refractivity (Wildman–Crippen MR) is 83.9 cm³/mol. The summed E-state index contributed by atoms with van der Waals surface area (Å²) in [6, 6.07) is 14.7. The van der Waals surface area contributed by atoms with Gasteiger partial charge in [-0.3, -0.25) is 0 Å². The molecule has 104 valence electrons. The van der Waals surface area contributed by atoms with Crippen LogP contribution in [0.1, 0.15) is 18.9 Å². The van der Waals surface area contributed by atoms with Gasteiger partial charge in [0, 0.05) is 17.1 Å². The standard InChI is InChI=1S/C16H19N3O/c1-2-6-12-7-3-4-10-15(12)19-16(20)18-14-9-5-8-13(17)11-14/h3-5,7-11H,2,6,17H2,1H3,(H2,18,19,20). The van der Waals surface area contributed by atoms with Crippen LogP contribution in [0.25, 0.3) is 0 Å². The predicted octanol–water partition coefficient (Wildman–Crippen LogP) is 3.87. The monoisotopic (exact) mass is 269 g/mol. The maximum atomic E-state index is 12.0. The first-order valence-electron chi connectivity index (χ1n) is 6.70. The summed E-state index contributed by atoms with van der Waals surface area (Å²) in [6.45, 7) is 2.11. The molecule has 20 heavy (non-hydrogen) atoms. The number of nitrogens with two attached hydrogens (primary N) is 1. The molecule has 0 aliphatic heterocycles. The van der Waals surface area contributed by atoms with E-state index in [1.807, 2.05) is 24.3 Å². The molecule has 2 rings (SSSR count). The van der Waals surface area contributed by atoms with Crippen LogP contribution in [0.2, 0.25) is 0 Å². The number of benzene rings is 2. The number of para-hydroxylation sites is 1. The number of amides is 2. The van der Waals surface area contributed by atoms with Gasteiger partial charge in [-0.1, -0.05) is 37.6 Å². The van der Waals surface area contributed by atoms with Gasteiger partial charge in [0.15, 0.2) is 0 Å². The molecule has 0 unspecified atom stereocenters. The largest absolute Gasteiger partial charge is 0.399 e. The van der Waals surface area contributed by atoms with E-state index < -0.39 is 0 Å². The van der Waals surface area contributed by atoms with Gasteiger partial charge in [0.05, 0.1) is 0 Å². The molecule has 0 spiro atoms. The number of anilines is 3. The Morgan fingerprint density at radius 2 is 1.90 bits per heavy atom. The number of rotatable bonds is 4. The van der Waals surface area contributed by atoms with Crippen LogP contribution < -0.4 is 16.4 Å². The van der Waals surface area contributed by atoms with Gasteiger partial charge in [0.1, 0.15) is 0 Å². The maximum Gasteiger partial charge on any atom is 0.323 e. The van der Waals surface area contributed by atoms with E-state index in [0.29, 0.717) is 11.4 Å². The van der Waals surface area contributed by atoms with E-state index in [1.54, 1.807) is 24.3 Å². The number of nitrogen functional groups attached to an aromatic ring is 1. The lowest BCUT2D eigenvalue weighted by atomic mass is 10.1. The van der Waals surface area contributed by atoms with E-state index in [0.717, 1.165) is 24.1 Å². The fourth-order valence-electron chi connectivity index (χ4n) is 2.03. The van der Waals surface area contributed by atoms with Gasteiger partial charge in [-0.05, 0) is 36.2 Å². The van der Waals surface area contributed by atoms with Gasteiger partial charge in [-0.2, -0.15) is 0 Å². The van der Waals surface area contributed by atoms with Crippen molar-refractivity contribution in [2.75, 3.05) is 16.4 Å². The fraction of sp³-hybridized carbons (Fsp3) is 0.188. The second-order valence-corrected chi connectivity index (χ2v) is 4.61. The molecule has 0 bridgehead atoms. The Bertz CT molecular complexity index is 596. The maximum absolute atomic E-state index is 12.0. The van der Waals surface area contributed by atoms with Crippen LogP contribution in [0.5, 0.6) is 0 Å². The molecule has 0 aliphatic carbocycles. The van der Waals surface area contributed by atoms with Gasteiger partial charge in [-0.25, -0.2) is 4.79 Å². The van der Waals surface area contributed by atoms with Gasteiger partial charge in [0.2, 0.25) is 0 Å². The summed E-state index contributed by atoms with van der Waals surface area (Å²) in [7, 11) is 0. The van der Waals surface area contributed by atoms with E-state index in [2.05, 4.69) is 17.6 Å². The molecule has 0 aliphatic rings. The van der Waals surface area contributed by atoms with Crippen molar-refractivity contribution >= 4 is 23.1 Å². The van der Waals surface area contributed by atoms with Crippen LogP contribution in [0.3, 0.4) is 0 Å². The molecule has 0 atom stereocenters. The average Bonchev–Trinajstić information content (AvgIpc) is 2.41. The summed E-state index contributed by atoms with van der Waals surface area (Å²) < 4.78 is 0. The molecule has 0 aromatic heterocycles. The number of nitrogens with one attached hydrogen (secondary N) is 2. The van der Waals surface area contributed by atoms with Gasteiger partial charge in [0.25, 0.3) is 0 Å². The third-order valence-electron chi connectivity index (χ3n) is 2.93. The molecule has 0 fully saturated rings. The Morgan fingerprint density at radius 3 is 2.65 bits per heavy atom. The Labute approximate surface area is 119 Å². The van der Waals surface area contributed by atoms with Crippen LogP contribution in [0.15, 0.2) is 48.5 Å². The number of carbonyl (C=O) groups is 1. The van der Waals surface area contributed by atoms with E-state index in [4.69, 9.17) is 5.73 Å². The molecular weight excluding hydrogens is 250 g/mol. The smallest absolute Gasteiger partial charge is 0.323 e. The third kappa shape index (κ3) is 3.75. The molecule has 4 heteroatoms. The highest BCUT2D eigenvalue weighted by molar-refractivity contribution is 6.00. The normalized spacial score (nSPS) is 10.1. The van der Waals surface area contributed by atoms with Crippen molar-refractivity contribution < 1.29 is 4.79 Å². The first-order chi connectivity index (χ1) is 9.69. The molecule has 2 amide bonds. The minimum absolute atomic E-state index is 0.265. The summed E-state index contributed by atoms with van der Waals surface area (Å²) in [4.78, 5) is 12.0. The van der Waals surface area contributed by atoms with Crippen molar-refractivity contribution in [2.45, 2.75) is 19.8 Å². The third-order valence-corrected chi connectivity index (χ3v) is 2.93. The molecule has 2 aromatic rings. The summed E-state index contributed by atoms with van der Waals surface area (Å²) in [6.07, 6.45) is 1.98. The fourth-order valence-corrected chi connectivity index (χ4v) is 2.03.